The number of ether oxygens (including phenoxy) is 2. The van der Waals surface area contributed by atoms with Crippen LogP contribution in [0.5, 0.6) is 11.5 Å². The predicted molar refractivity (Wildman–Crippen MR) is 115 cm³/mol. The lowest BCUT2D eigenvalue weighted by Gasteiger charge is -2.21. The van der Waals surface area contributed by atoms with Crippen LogP contribution in [-0.2, 0) is 4.79 Å². The van der Waals surface area contributed by atoms with E-state index in [0.717, 1.165) is 0 Å². The van der Waals surface area contributed by atoms with Crippen molar-refractivity contribution in [1.82, 2.24) is 0 Å². The fraction of sp³-hybridized carbons (Fsp3) is 0.333. The number of amides is 1. The SMILES string of the molecule is CCOc1ccc(C#N)cc1NC(=O)COc1ccc(C2SCCCS2)cc1. The van der Waals surface area contributed by atoms with Crippen molar-refractivity contribution in [3.8, 4) is 17.6 Å². The quantitative estimate of drug-likeness (QED) is 0.699. The number of hydrogen-bond acceptors (Lipinski definition) is 6. The molecule has 2 aromatic carbocycles. The number of nitrogens with zero attached hydrogens (tertiary/aromatic N) is 1. The van der Waals surface area contributed by atoms with Crippen LogP contribution in [0.25, 0.3) is 0 Å². The Morgan fingerprint density at radius 3 is 2.61 bits per heavy atom. The van der Waals surface area contributed by atoms with Gasteiger partial charge in [-0.1, -0.05) is 12.1 Å². The Labute approximate surface area is 173 Å². The Kier molecular flexibility index (Phi) is 7.52. The molecule has 1 saturated heterocycles. The normalized spacial score (nSPS) is 14.1. The Morgan fingerprint density at radius 2 is 1.93 bits per heavy atom. The van der Waals surface area contributed by atoms with Crippen LogP contribution in [0.2, 0.25) is 0 Å². The van der Waals surface area contributed by atoms with Crippen molar-refractivity contribution >= 4 is 35.1 Å². The summed E-state index contributed by atoms with van der Waals surface area (Å²) in [6.45, 7) is 2.21. The van der Waals surface area contributed by atoms with Crippen LogP contribution in [0.3, 0.4) is 0 Å². The van der Waals surface area contributed by atoms with Gasteiger partial charge in [-0.05, 0) is 60.7 Å². The summed E-state index contributed by atoms with van der Waals surface area (Å²) in [5, 5.41) is 11.8. The lowest BCUT2D eigenvalue weighted by atomic mass is 10.2. The number of carbonyl (C=O) groups excluding carboxylic acids is 1. The molecule has 0 aromatic heterocycles. The first-order valence-electron chi connectivity index (χ1n) is 9.12. The van der Waals surface area contributed by atoms with E-state index >= 15 is 0 Å². The molecule has 28 heavy (non-hydrogen) atoms. The van der Waals surface area contributed by atoms with Crippen LogP contribution in [0.1, 0.15) is 29.1 Å². The van der Waals surface area contributed by atoms with Gasteiger partial charge in [0.05, 0.1) is 28.5 Å². The molecule has 1 fully saturated rings. The molecule has 0 bridgehead atoms. The smallest absolute Gasteiger partial charge is 0.262 e. The van der Waals surface area contributed by atoms with Crippen LogP contribution < -0.4 is 14.8 Å². The molecule has 0 saturated carbocycles. The molecular weight excluding hydrogens is 392 g/mol. The lowest BCUT2D eigenvalue weighted by Crippen LogP contribution is -2.20. The number of hydrogen-bond donors (Lipinski definition) is 1. The highest BCUT2D eigenvalue weighted by Gasteiger charge is 2.16. The fourth-order valence-corrected chi connectivity index (χ4v) is 5.61. The number of benzene rings is 2. The van der Waals surface area contributed by atoms with Gasteiger partial charge >= 0.3 is 0 Å². The van der Waals surface area contributed by atoms with Crippen LogP contribution in [0.15, 0.2) is 42.5 Å². The van der Waals surface area contributed by atoms with Crippen LogP contribution in [-0.4, -0.2) is 30.6 Å². The molecule has 0 aliphatic carbocycles. The first kappa shape index (κ1) is 20.4. The van der Waals surface area contributed by atoms with Crippen molar-refractivity contribution < 1.29 is 14.3 Å². The summed E-state index contributed by atoms with van der Waals surface area (Å²) in [4.78, 5) is 12.3. The third kappa shape index (κ3) is 5.60. The summed E-state index contributed by atoms with van der Waals surface area (Å²) in [7, 11) is 0. The maximum Gasteiger partial charge on any atom is 0.262 e. The van der Waals surface area contributed by atoms with E-state index in [1.54, 1.807) is 18.2 Å². The molecule has 7 heteroatoms. The molecule has 0 radical (unpaired) electrons. The Bertz CT molecular complexity index is 844. The highest BCUT2D eigenvalue weighted by Crippen LogP contribution is 2.43. The van der Waals surface area contributed by atoms with Crippen molar-refractivity contribution in [3.05, 3.63) is 53.6 Å². The minimum Gasteiger partial charge on any atom is -0.492 e. The molecule has 146 valence electrons. The molecule has 2 aromatic rings. The zero-order valence-electron chi connectivity index (χ0n) is 15.6. The number of anilines is 1. The van der Waals surface area contributed by atoms with E-state index < -0.39 is 0 Å². The van der Waals surface area contributed by atoms with Crippen LogP contribution >= 0.6 is 23.5 Å². The van der Waals surface area contributed by atoms with Crippen LogP contribution in [0.4, 0.5) is 5.69 Å². The van der Waals surface area contributed by atoms with Gasteiger partial charge in [0.25, 0.3) is 5.91 Å². The van der Waals surface area contributed by atoms with Gasteiger partial charge in [-0.15, -0.1) is 23.5 Å². The largest absolute Gasteiger partial charge is 0.492 e. The molecule has 1 N–H and O–H groups in total. The number of rotatable bonds is 7. The van der Waals surface area contributed by atoms with Gasteiger partial charge in [0.2, 0.25) is 0 Å². The maximum atomic E-state index is 12.3. The second-order valence-electron chi connectivity index (χ2n) is 6.09. The summed E-state index contributed by atoms with van der Waals surface area (Å²) >= 11 is 3.95. The fourth-order valence-electron chi connectivity index (χ4n) is 2.72. The molecule has 1 aliphatic rings. The van der Waals surface area contributed by atoms with Crippen molar-refractivity contribution in [2.45, 2.75) is 17.9 Å². The van der Waals surface area contributed by atoms with Gasteiger partial charge in [0.15, 0.2) is 6.61 Å². The zero-order valence-corrected chi connectivity index (χ0v) is 17.3. The third-order valence-corrected chi connectivity index (χ3v) is 7.05. The van der Waals surface area contributed by atoms with Gasteiger partial charge in [0, 0.05) is 0 Å². The van der Waals surface area contributed by atoms with E-state index in [-0.39, 0.29) is 12.5 Å². The van der Waals surface area contributed by atoms with E-state index in [4.69, 9.17) is 14.7 Å². The van der Waals surface area contributed by atoms with Gasteiger partial charge in [-0.3, -0.25) is 4.79 Å². The second-order valence-corrected chi connectivity index (χ2v) is 8.81. The molecule has 1 heterocycles. The molecule has 0 atom stereocenters. The van der Waals surface area contributed by atoms with Gasteiger partial charge in [0.1, 0.15) is 11.5 Å². The van der Waals surface area contributed by atoms with E-state index in [1.807, 2.05) is 42.6 Å². The summed E-state index contributed by atoms with van der Waals surface area (Å²) < 4.78 is 11.6. The molecule has 0 unspecified atom stereocenters. The molecule has 3 rings (SSSR count). The summed E-state index contributed by atoms with van der Waals surface area (Å²) in [5.41, 5.74) is 2.20. The second kappa shape index (κ2) is 10.3. The van der Waals surface area contributed by atoms with Crippen molar-refractivity contribution in [3.63, 3.8) is 0 Å². The monoisotopic (exact) mass is 414 g/mol. The molecular formula is C21H22N2O3S2. The first-order valence-corrected chi connectivity index (χ1v) is 11.2. The number of nitriles is 1. The average molecular weight is 415 g/mol. The lowest BCUT2D eigenvalue weighted by molar-refractivity contribution is -0.118. The van der Waals surface area contributed by atoms with Gasteiger partial charge in [-0.2, -0.15) is 5.26 Å². The van der Waals surface area contributed by atoms with E-state index in [2.05, 4.69) is 23.5 Å². The van der Waals surface area contributed by atoms with E-state index in [9.17, 15) is 4.79 Å². The highest BCUT2D eigenvalue weighted by molar-refractivity contribution is 8.16. The van der Waals surface area contributed by atoms with E-state index in [1.165, 1.54) is 23.5 Å². The Hall–Kier alpha value is -2.30. The molecule has 1 amide bonds. The standard InChI is InChI=1S/C21H22N2O3S2/c1-2-25-19-9-4-15(13-22)12-18(19)23-20(24)14-26-17-7-5-16(6-8-17)21-27-10-3-11-28-21/h4-9,12,21H,2-3,10-11,14H2,1H3,(H,23,24). The minimum atomic E-state index is -0.307. The highest BCUT2D eigenvalue weighted by atomic mass is 32.2. The molecule has 1 aliphatic heterocycles. The first-order chi connectivity index (χ1) is 13.7. The summed E-state index contributed by atoms with van der Waals surface area (Å²) in [6.07, 6.45) is 1.27. The predicted octanol–water partition coefficient (Wildman–Crippen LogP) is 4.84. The summed E-state index contributed by atoms with van der Waals surface area (Å²) in [5.74, 6) is 3.28. The average Bonchev–Trinajstić information content (AvgIpc) is 2.74. The number of nitrogens with one attached hydrogen (secondary N) is 1. The van der Waals surface area contributed by atoms with Gasteiger partial charge < -0.3 is 14.8 Å². The van der Waals surface area contributed by atoms with Crippen LogP contribution in [0, 0.1) is 11.3 Å². The summed E-state index contributed by atoms with van der Waals surface area (Å²) in [6, 6.07) is 14.9. The third-order valence-electron chi connectivity index (χ3n) is 4.03. The minimum absolute atomic E-state index is 0.116. The number of thioether (sulfide) groups is 2. The maximum absolute atomic E-state index is 12.3. The van der Waals surface area contributed by atoms with Crippen molar-refractivity contribution in [2.75, 3.05) is 30.0 Å². The molecule has 0 spiro atoms. The van der Waals surface area contributed by atoms with E-state index in [0.29, 0.717) is 33.9 Å². The topological polar surface area (TPSA) is 71.3 Å². The zero-order chi connectivity index (χ0) is 19.8. The Morgan fingerprint density at radius 1 is 1.18 bits per heavy atom. The van der Waals surface area contributed by atoms with Gasteiger partial charge in [-0.25, -0.2) is 0 Å². The number of carbonyl (C=O) groups is 1. The molecule has 5 nitrogen and oxygen atoms in total. The van der Waals surface area contributed by atoms with Crippen molar-refractivity contribution in [1.29, 1.82) is 5.26 Å². The van der Waals surface area contributed by atoms with Crippen molar-refractivity contribution in [2.24, 2.45) is 0 Å². The Balaban J connectivity index is 1.56.